The Morgan fingerprint density at radius 3 is 2.52 bits per heavy atom. The number of pyridine rings is 1. The van der Waals surface area contributed by atoms with Crippen LogP contribution in [0, 0.1) is 0 Å². The van der Waals surface area contributed by atoms with Crippen molar-refractivity contribution >= 4 is 16.9 Å². The van der Waals surface area contributed by atoms with E-state index in [9.17, 15) is 0 Å². The summed E-state index contributed by atoms with van der Waals surface area (Å²) in [6.45, 7) is 2.69. The second-order valence-electron chi connectivity index (χ2n) is 5.07. The van der Waals surface area contributed by atoms with Crippen LogP contribution in [0.15, 0.2) is 59.9 Å². The third-order valence-corrected chi connectivity index (χ3v) is 4.50. The molecule has 3 nitrogen and oxygen atoms in total. The third-order valence-electron chi connectivity index (χ3n) is 3.36. The van der Waals surface area contributed by atoms with Gasteiger partial charge >= 0.3 is 0 Å². The number of benzene rings is 1. The average Bonchev–Trinajstić information content (AvgIpc) is 2.57. The van der Waals surface area contributed by atoms with Gasteiger partial charge in [0.15, 0.2) is 5.17 Å². The Bertz CT molecular complexity index is 542. The zero-order valence-corrected chi connectivity index (χ0v) is 12.8. The van der Waals surface area contributed by atoms with Gasteiger partial charge in [0, 0.05) is 37.8 Å². The maximum absolute atomic E-state index is 4.71. The van der Waals surface area contributed by atoms with Crippen LogP contribution in [0.25, 0.3) is 0 Å². The molecule has 0 N–H and O–H groups in total. The van der Waals surface area contributed by atoms with Crippen LogP contribution in [-0.2, 0) is 13.1 Å². The molecule has 1 aliphatic heterocycles. The van der Waals surface area contributed by atoms with Gasteiger partial charge in [-0.1, -0.05) is 48.2 Å². The Kier molecular flexibility index (Phi) is 4.90. The minimum absolute atomic E-state index is 0.856. The van der Waals surface area contributed by atoms with Crippen LogP contribution in [0.3, 0.4) is 0 Å². The molecule has 0 aliphatic carbocycles. The quantitative estimate of drug-likeness (QED) is 0.863. The summed E-state index contributed by atoms with van der Waals surface area (Å²) >= 11 is 1.87. The number of aliphatic imine (C=N–C) groups is 1. The third kappa shape index (κ3) is 4.08. The summed E-state index contributed by atoms with van der Waals surface area (Å²) in [5, 5.41) is 1.16. The first kappa shape index (κ1) is 14.1. The van der Waals surface area contributed by atoms with Crippen LogP contribution >= 0.6 is 11.8 Å². The normalized spacial score (nSPS) is 14.6. The highest BCUT2D eigenvalue weighted by atomic mass is 32.2. The molecule has 0 saturated heterocycles. The molecule has 3 rings (SSSR count). The molecule has 4 heteroatoms. The van der Waals surface area contributed by atoms with E-state index in [2.05, 4.69) is 46.3 Å². The molecule has 0 saturated carbocycles. The number of rotatable bonds is 4. The molecule has 108 valence electrons. The van der Waals surface area contributed by atoms with Crippen molar-refractivity contribution in [2.24, 2.45) is 4.99 Å². The lowest BCUT2D eigenvalue weighted by Gasteiger charge is -2.27. The molecule has 0 amide bonds. The molecule has 0 fully saturated rings. The molecule has 1 aromatic heterocycles. The highest BCUT2D eigenvalue weighted by molar-refractivity contribution is 8.13. The van der Waals surface area contributed by atoms with Crippen molar-refractivity contribution in [3.05, 3.63) is 66.0 Å². The first-order valence-corrected chi connectivity index (χ1v) is 8.25. The van der Waals surface area contributed by atoms with Crippen molar-refractivity contribution in [3.63, 3.8) is 0 Å². The molecule has 0 spiro atoms. The fraction of sp³-hybridized carbons (Fsp3) is 0.294. The number of aromatic nitrogens is 1. The molecule has 0 radical (unpaired) electrons. The van der Waals surface area contributed by atoms with Crippen molar-refractivity contribution in [2.45, 2.75) is 19.5 Å². The molecule has 21 heavy (non-hydrogen) atoms. The first-order chi connectivity index (χ1) is 10.4. The Morgan fingerprint density at radius 1 is 1.00 bits per heavy atom. The molecule has 1 aromatic carbocycles. The monoisotopic (exact) mass is 297 g/mol. The maximum atomic E-state index is 4.71. The summed E-state index contributed by atoms with van der Waals surface area (Å²) in [5.41, 5.74) is 2.54. The van der Waals surface area contributed by atoms with E-state index >= 15 is 0 Å². The predicted octanol–water partition coefficient (Wildman–Crippen LogP) is 3.58. The van der Waals surface area contributed by atoms with E-state index in [0.29, 0.717) is 0 Å². The maximum Gasteiger partial charge on any atom is 0.159 e. The van der Waals surface area contributed by atoms with Crippen LogP contribution in [-0.4, -0.2) is 27.3 Å². The summed E-state index contributed by atoms with van der Waals surface area (Å²) in [6.07, 6.45) is 4.93. The molecular weight excluding hydrogens is 278 g/mol. The van der Waals surface area contributed by atoms with E-state index < -0.39 is 0 Å². The first-order valence-electron chi connectivity index (χ1n) is 7.27. The molecule has 2 aromatic rings. The van der Waals surface area contributed by atoms with Crippen LogP contribution in [0.1, 0.15) is 17.5 Å². The van der Waals surface area contributed by atoms with Gasteiger partial charge in [-0.3, -0.25) is 9.98 Å². The van der Waals surface area contributed by atoms with Crippen molar-refractivity contribution in [1.29, 1.82) is 0 Å². The lowest BCUT2D eigenvalue weighted by molar-refractivity contribution is 0.412. The summed E-state index contributed by atoms with van der Waals surface area (Å²) < 4.78 is 0. The van der Waals surface area contributed by atoms with Crippen molar-refractivity contribution in [1.82, 2.24) is 9.88 Å². The van der Waals surface area contributed by atoms with Gasteiger partial charge in [0.2, 0.25) is 0 Å². The standard InChI is InChI=1S/C17H19N3S/c1-2-6-15(7-3-1)13-20(17-19-10-5-11-21-17)14-16-8-4-9-18-12-16/h1-4,6-9,12H,5,10-11,13-14H2. The summed E-state index contributed by atoms with van der Waals surface area (Å²) in [6, 6.07) is 14.7. The predicted molar refractivity (Wildman–Crippen MR) is 89.3 cm³/mol. The Hall–Kier alpha value is -1.81. The summed E-state index contributed by atoms with van der Waals surface area (Å²) in [7, 11) is 0. The van der Waals surface area contributed by atoms with Gasteiger partial charge in [-0.15, -0.1) is 0 Å². The second kappa shape index (κ2) is 7.27. The molecule has 0 unspecified atom stereocenters. The van der Waals surface area contributed by atoms with E-state index in [-0.39, 0.29) is 0 Å². The minimum Gasteiger partial charge on any atom is -0.343 e. The van der Waals surface area contributed by atoms with E-state index in [0.717, 1.165) is 30.6 Å². The van der Waals surface area contributed by atoms with Crippen LogP contribution in [0.5, 0.6) is 0 Å². The van der Waals surface area contributed by atoms with E-state index in [1.165, 1.54) is 17.5 Å². The number of hydrogen-bond donors (Lipinski definition) is 0. The van der Waals surface area contributed by atoms with E-state index in [4.69, 9.17) is 4.99 Å². The lowest BCUT2D eigenvalue weighted by atomic mass is 10.2. The molecular formula is C17H19N3S. The minimum atomic E-state index is 0.856. The van der Waals surface area contributed by atoms with Gasteiger partial charge < -0.3 is 4.90 Å². The topological polar surface area (TPSA) is 28.5 Å². The zero-order valence-electron chi connectivity index (χ0n) is 12.0. The van der Waals surface area contributed by atoms with Crippen molar-refractivity contribution in [2.75, 3.05) is 12.3 Å². The van der Waals surface area contributed by atoms with Crippen LogP contribution in [0.4, 0.5) is 0 Å². The van der Waals surface area contributed by atoms with Crippen LogP contribution in [0.2, 0.25) is 0 Å². The molecule has 0 atom stereocenters. The smallest absolute Gasteiger partial charge is 0.159 e. The highest BCUT2D eigenvalue weighted by Gasteiger charge is 2.15. The Balaban J connectivity index is 1.79. The summed E-state index contributed by atoms with van der Waals surface area (Å²) in [5.74, 6) is 1.16. The van der Waals surface area contributed by atoms with E-state index in [1.807, 2.05) is 30.2 Å². The molecule has 2 heterocycles. The average molecular weight is 297 g/mol. The van der Waals surface area contributed by atoms with Crippen LogP contribution < -0.4 is 0 Å². The van der Waals surface area contributed by atoms with Gasteiger partial charge in [-0.25, -0.2) is 0 Å². The molecule has 0 bridgehead atoms. The second-order valence-corrected chi connectivity index (χ2v) is 6.13. The molecule has 1 aliphatic rings. The Morgan fingerprint density at radius 2 is 1.81 bits per heavy atom. The zero-order chi connectivity index (χ0) is 14.3. The van der Waals surface area contributed by atoms with Gasteiger partial charge in [-0.05, 0) is 23.6 Å². The van der Waals surface area contributed by atoms with E-state index in [1.54, 1.807) is 0 Å². The van der Waals surface area contributed by atoms with Crippen molar-refractivity contribution < 1.29 is 0 Å². The van der Waals surface area contributed by atoms with Gasteiger partial charge in [0.25, 0.3) is 0 Å². The van der Waals surface area contributed by atoms with Gasteiger partial charge in [0.05, 0.1) is 0 Å². The Labute approximate surface area is 130 Å². The van der Waals surface area contributed by atoms with Gasteiger partial charge in [-0.2, -0.15) is 0 Å². The largest absolute Gasteiger partial charge is 0.343 e. The fourth-order valence-corrected chi connectivity index (χ4v) is 3.30. The number of nitrogens with zero attached hydrogens (tertiary/aromatic N) is 3. The number of thioether (sulfide) groups is 1. The van der Waals surface area contributed by atoms with Crippen molar-refractivity contribution in [3.8, 4) is 0 Å². The summed E-state index contributed by atoms with van der Waals surface area (Å²) in [4.78, 5) is 11.3. The number of amidine groups is 1. The number of hydrogen-bond acceptors (Lipinski definition) is 4. The fourth-order valence-electron chi connectivity index (χ4n) is 2.35. The highest BCUT2D eigenvalue weighted by Crippen LogP contribution is 2.20. The SMILES string of the molecule is c1ccc(CN(Cc2cccnc2)C2=NCCCS2)cc1. The van der Waals surface area contributed by atoms with Gasteiger partial charge in [0.1, 0.15) is 0 Å². The lowest BCUT2D eigenvalue weighted by Crippen LogP contribution is -2.30.